The number of benzene rings is 1. The van der Waals surface area contributed by atoms with Gasteiger partial charge in [-0.15, -0.1) is 12.4 Å². The van der Waals surface area contributed by atoms with Gasteiger partial charge in [-0.3, -0.25) is 10.2 Å². The highest BCUT2D eigenvalue weighted by Gasteiger charge is 2.44. The molecule has 0 radical (unpaired) electrons. The topological polar surface area (TPSA) is 50.8 Å². The molecule has 0 bridgehead atoms. The summed E-state index contributed by atoms with van der Waals surface area (Å²) < 4.78 is 11.1. The zero-order valence-electron chi connectivity index (χ0n) is 12.3. The van der Waals surface area contributed by atoms with Gasteiger partial charge in [-0.25, -0.2) is 5.01 Å². The molecule has 2 heterocycles. The number of nitrogens with one attached hydrogen (secondary N) is 1. The Morgan fingerprint density at radius 2 is 2.09 bits per heavy atom. The second kappa shape index (κ2) is 6.46. The molecular formula is C15H18Cl2N2O3. The van der Waals surface area contributed by atoms with Gasteiger partial charge < -0.3 is 9.47 Å². The molecule has 22 heavy (non-hydrogen) atoms. The summed E-state index contributed by atoms with van der Waals surface area (Å²) in [7, 11) is 1.60. The average molecular weight is 345 g/mol. The number of methoxy groups -OCH3 is 1. The molecule has 2 atom stereocenters. The van der Waals surface area contributed by atoms with Crippen molar-refractivity contribution >= 4 is 35.6 Å². The van der Waals surface area contributed by atoms with Crippen molar-refractivity contribution in [3.8, 4) is 0 Å². The fourth-order valence-corrected chi connectivity index (χ4v) is 2.75. The number of fused-ring (bicyclic) bond motifs is 1. The number of halogens is 2. The Kier molecular flexibility index (Phi) is 5.02. The summed E-state index contributed by atoms with van der Waals surface area (Å²) in [4.78, 5) is 12.4. The second-order valence-electron chi connectivity index (χ2n) is 5.36. The molecule has 7 heteroatoms. The van der Waals surface area contributed by atoms with Crippen LogP contribution in [-0.4, -0.2) is 24.9 Å². The predicted molar refractivity (Wildman–Crippen MR) is 86.9 cm³/mol. The molecule has 2 aliphatic heterocycles. The van der Waals surface area contributed by atoms with Crippen molar-refractivity contribution in [3.63, 3.8) is 0 Å². The molecular weight excluding hydrogens is 327 g/mol. The number of carbonyl (C=O) groups excluding carboxylic acids is 1. The molecule has 0 aliphatic carbocycles. The number of amides is 1. The van der Waals surface area contributed by atoms with Gasteiger partial charge in [-0.2, -0.15) is 0 Å². The number of anilines is 1. The van der Waals surface area contributed by atoms with E-state index in [1.807, 2.05) is 13.0 Å². The van der Waals surface area contributed by atoms with Gasteiger partial charge in [0, 0.05) is 18.6 Å². The minimum absolute atomic E-state index is 0. The molecule has 1 aromatic carbocycles. The van der Waals surface area contributed by atoms with Crippen LogP contribution >= 0.6 is 24.0 Å². The van der Waals surface area contributed by atoms with Crippen molar-refractivity contribution in [2.45, 2.75) is 31.7 Å². The van der Waals surface area contributed by atoms with E-state index in [-0.39, 0.29) is 31.0 Å². The molecule has 1 amide bonds. The molecule has 2 aliphatic rings. The van der Waals surface area contributed by atoms with Gasteiger partial charge in [-0.1, -0.05) is 17.7 Å². The van der Waals surface area contributed by atoms with Crippen LogP contribution in [0.15, 0.2) is 36.0 Å². The van der Waals surface area contributed by atoms with Gasteiger partial charge in [-0.05, 0) is 31.2 Å². The molecule has 0 unspecified atom stereocenters. The highest BCUT2D eigenvalue weighted by molar-refractivity contribution is 6.30. The monoisotopic (exact) mass is 344 g/mol. The summed E-state index contributed by atoms with van der Waals surface area (Å²) in [5.74, 6) is -0.0614. The minimum Gasteiger partial charge on any atom is -0.356 e. The third kappa shape index (κ3) is 3.08. The Hall–Kier alpha value is -1.27. The molecule has 1 aromatic rings. The normalized spacial score (nSPS) is 27.4. The molecule has 3 rings (SSSR count). The maximum atomic E-state index is 12.4. The van der Waals surface area contributed by atoms with Crippen molar-refractivity contribution < 1.29 is 14.3 Å². The fraction of sp³-hybridized carbons (Fsp3) is 0.400. The van der Waals surface area contributed by atoms with Gasteiger partial charge >= 0.3 is 0 Å². The molecule has 1 fully saturated rings. The molecule has 0 aromatic heterocycles. The van der Waals surface area contributed by atoms with Gasteiger partial charge in [0.1, 0.15) is 5.60 Å². The standard InChI is InChI=1S/C15H17ClN2O3.ClH/c1-15-9-13(19)18(11-5-3-10(16)4-6-11)17-12(15)7-8-14(20-2)21-15;/h3-7,14,17H,8-9H2,1-2H3;1H/t14-,15-;/m0./s1. The van der Waals surface area contributed by atoms with E-state index in [0.717, 1.165) is 11.4 Å². The molecule has 1 saturated heterocycles. The van der Waals surface area contributed by atoms with Crippen LogP contribution in [0, 0.1) is 0 Å². The number of nitrogens with zero attached hydrogens (tertiary/aromatic N) is 1. The Morgan fingerprint density at radius 1 is 1.41 bits per heavy atom. The number of carbonyl (C=O) groups is 1. The molecule has 120 valence electrons. The summed E-state index contributed by atoms with van der Waals surface area (Å²) in [6.45, 7) is 1.90. The van der Waals surface area contributed by atoms with Crippen LogP contribution in [0.1, 0.15) is 19.8 Å². The summed E-state index contributed by atoms with van der Waals surface area (Å²) in [5.41, 5.74) is 4.11. The van der Waals surface area contributed by atoms with Gasteiger partial charge in [0.2, 0.25) is 5.91 Å². The van der Waals surface area contributed by atoms with Crippen LogP contribution in [0.2, 0.25) is 5.02 Å². The van der Waals surface area contributed by atoms with Crippen molar-refractivity contribution in [1.29, 1.82) is 0 Å². The molecule has 5 nitrogen and oxygen atoms in total. The number of hydrazine groups is 1. The first-order valence-corrected chi connectivity index (χ1v) is 7.16. The first kappa shape index (κ1) is 17.1. The third-order valence-electron chi connectivity index (χ3n) is 3.79. The Labute approximate surface area is 140 Å². The quantitative estimate of drug-likeness (QED) is 0.895. The molecule has 0 saturated carbocycles. The predicted octanol–water partition coefficient (Wildman–Crippen LogP) is 3.04. The number of rotatable bonds is 2. The lowest BCUT2D eigenvalue weighted by molar-refractivity contribution is -0.194. The maximum absolute atomic E-state index is 12.4. The van der Waals surface area contributed by atoms with Crippen LogP contribution in [0.3, 0.4) is 0 Å². The van der Waals surface area contributed by atoms with E-state index in [1.54, 1.807) is 31.4 Å². The van der Waals surface area contributed by atoms with Gasteiger partial charge in [0.05, 0.1) is 17.8 Å². The summed E-state index contributed by atoms with van der Waals surface area (Å²) in [6, 6.07) is 7.12. The first-order valence-electron chi connectivity index (χ1n) is 6.78. The van der Waals surface area contributed by atoms with Gasteiger partial charge in [0.25, 0.3) is 0 Å². The maximum Gasteiger partial charge on any atom is 0.248 e. The van der Waals surface area contributed by atoms with Crippen LogP contribution in [0.5, 0.6) is 0 Å². The fourth-order valence-electron chi connectivity index (χ4n) is 2.63. The van der Waals surface area contributed by atoms with Crippen LogP contribution < -0.4 is 10.4 Å². The Morgan fingerprint density at radius 3 is 2.73 bits per heavy atom. The van der Waals surface area contributed by atoms with E-state index in [0.29, 0.717) is 11.4 Å². The van der Waals surface area contributed by atoms with Crippen molar-refractivity contribution in [3.05, 3.63) is 41.1 Å². The number of hydrogen-bond acceptors (Lipinski definition) is 4. The number of hydrogen-bond donors (Lipinski definition) is 1. The molecule has 0 spiro atoms. The summed E-state index contributed by atoms with van der Waals surface area (Å²) >= 11 is 5.88. The van der Waals surface area contributed by atoms with E-state index < -0.39 is 5.60 Å². The summed E-state index contributed by atoms with van der Waals surface area (Å²) in [6.07, 6.45) is 2.62. The lowest BCUT2D eigenvalue weighted by Gasteiger charge is -2.45. The Bertz CT molecular complexity index is 591. The van der Waals surface area contributed by atoms with E-state index in [9.17, 15) is 4.79 Å². The molecule has 1 N–H and O–H groups in total. The van der Waals surface area contributed by atoms with E-state index in [2.05, 4.69) is 5.43 Å². The smallest absolute Gasteiger partial charge is 0.248 e. The van der Waals surface area contributed by atoms with E-state index >= 15 is 0 Å². The minimum atomic E-state index is -0.668. The second-order valence-corrected chi connectivity index (χ2v) is 5.80. The van der Waals surface area contributed by atoms with E-state index in [4.69, 9.17) is 21.1 Å². The van der Waals surface area contributed by atoms with Crippen LogP contribution in [0.25, 0.3) is 0 Å². The van der Waals surface area contributed by atoms with E-state index in [1.165, 1.54) is 5.01 Å². The largest absolute Gasteiger partial charge is 0.356 e. The number of ether oxygens (including phenoxy) is 2. The van der Waals surface area contributed by atoms with Crippen LogP contribution in [-0.2, 0) is 14.3 Å². The first-order chi connectivity index (χ1) is 10.0. The average Bonchev–Trinajstić information content (AvgIpc) is 2.46. The SMILES string of the molecule is CO[C@@H]1CC=C2NN(c3ccc(Cl)cc3)C(=O)C[C@]2(C)O1.Cl. The van der Waals surface area contributed by atoms with Crippen molar-refractivity contribution in [2.75, 3.05) is 12.1 Å². The van der Waals surface area contributed by atoms with Gasteiger partial charge in [0.15, 0.2) is 6.29 Å². The zero-order chi connectivity index (χ0) is 15.0. The lowest BCUT2D eigenvalue weighted by Crippen LogP contribution is -2.59. The van der Waals surface area contributed by atoms with Crippen molar-refractivity contribution in [2.24, 2.45) is 0 Å². The zero-order valence-corrected chi connectivity index (χ0v) is 13.9. The Balaban J connectivity index is 0.00000176. The highest BCUT2D eigenvalue weighted by atomic mass is 35.5. The highest BCUT2D eigenvalue weighted by Crippen LogP contribution is 2.36. The summed E-state index contributed by atoms with van der Waals surface area (Å²) in [5, 5.41) is 2.16. The third-order valence-corrected chi connectivity index (χ3v) is 4.05. The van der Waals surface area contributed by atoms with Crippen LogP contribution in [0.4, 0.5) is 5.69 Å². The lowest BCUT2D eigenvalue weighted by atomic mass is 9.92. The van der Waals surface area contributed by atoms with Crippen molar-refractivity contribution in [1.82, 2.24) is 5.43 Å².